The zero-order valence-electron chi connectivity index (χ0n) is 16.3. The number of nitrogens with zero attached hydrogens (tertiary/aromatic N) is 2. The number of furan rings is 1. The Morgan fingerprint density at radius 1 is 1.21 bits per heavy atom. The lowest BCUT2D eigenvalue weighted by molar-refractivity contribution is 0.0920. The maximum Gasteiger partial charge on any atom is 0.286 e. The molecule has 0 bridgehead atoms. The molecule has 3 aromatic rings. The van der Waals surface area contributed by atoms with E-state index in [2.05, 4.69) is 10.4 Å². The third-order valence-corrected chi connectivity index (χ3v) is 4.63. The van der Waals surface area contributed by atoms with Crippen LogP contribution in [0.25, 0.3) is 0 Å². The molecule has 0 fully saturated rings. The van der Waals surface area contributed by atoms with Gasteiger partial charge in [0.05, 0.1) is 10.7 Å². The van der Waals surface area contributed by atoms with Crippen LogP contribution < -0.4 is 10.1 Å². The molecule has 0 aliphatic carbocycles. The molecule has 0 saturated carbocycles. The Kier molecular flexibility index (Phi) is 6.72. The molecular weight excluding hydrogens is 394 g/mol. The summed E-state index contributed by atoms with van der Waals surface area (Å²) >= 11 is 5.97. The largest absolute Gasteiger partial charge is 0.486 e. The molecule has 1 N–H and O–H groups in total. The van der Waals surface area contributed by atoms with Gasteiger partial charge in [0.25, 0.3) is 5.91 Å². The number of carbonyl (C=O) groups excluding carboxylic acids is 2. The van der Waals surface area contributed by atoms with Gasteiger partial charge in [-0.3, -0.25) is 14.3 Å². The van der Waals surface area contributed by atoms with E-state index in [4.69, 9.17) is 20.8 Å². The first-order chi connectivity index (χ1) is 13.9. The van der Waals surface area contributed by atoms with Gasteiger partial charge >= 0.3 is 0 Å². The molecule has 29 heavy (non-hydrogen) atoms. The Morgan fingerprint density at radius 2 is 1.97 bits per heavy atom. The summed E-state index contributed by atoms with van der Waals surface area (Å²) in [7, 11) is 0. The first kappa shape index (κ1) is 20.7. The number of ether oxygens (including phenoxy) is 1. The normalized spacial score (nSPS) is 10.7. The molecule has 0 saturated heterocycles. The average molecular weight is 416 g/mol. The topological polar surface area (TPSA) is 86.4 Å². The van der Waals surface area contributed by atoms with Crippen molar-refractivity contribution in [3.05, 3.63) is 70.4 Å². The van der Waals surface area contributed by atoms with E-state index in [9.17, 15) is 9.59 Å². The van der Waals surface area contributed by atoms with Crippen LogP contribution in [-0.2, 0) is 13.2 Å². The number of halogens is 1. The summed E-state index contributed by atoms with van der Waals surface area (Å²) in [6.07, 6.45) is 2.49. The molecule has 0 spiro atoms. The Bertz CT molecular complexity index is 972. The van der Waals surface area contributed by atoms with E-state index < -0.39 is 0 Å². The lowest BCUT2D eigenvalue weighted by Crippen LogP contribution is -2.24. The zero-order chi connectivity index (χ0) is 20.8. The smallest absolute Gasteiger partial charge is 0.286 e. The Balaban J connectivity index is 1.42. The Hall–Kier alpha value is -3.06. The molecule has 0 radical (unpaired) electrons. The van der Waals surface area contributed by atoms with Crippen LogP contribution in [0.4, 0.5) is 0 Å². The number of benzene rings is 1. The van der Waals surface area contributed by atoms with Crippen LogP contribution in [-0.4, -0.2) is 28.0 Å². The minimum atomic E-state index is -0.281. The summed E-state index contributed by atoms with van der Waals surface area (Å²) in [5, 5.41) is 7.72. The fourth-order valence-electron chi connectivity index (χ4n) is 2.66. The molecule has 8 heteroatoms. The number of aromatic nitrogens is 2. The number of hydrogen-bond donors (Lipinski definition) is 1. The van der Waals surface area contributed by atoms with Crippen molar-refractivity contribution in [1.29, 1.82) is 0 Å². The Labute approximate surface area is 173 Å². The SMILES string of the molecule is CC(=O)c1ccc(OCc2ccc(C(=O)NCCCn3cc(Cl)c(C)n3)o2)cc1. The molecule has 2 heterocycles. The lowest BCUT2D eigenvalue weighted by Gasteiger charge is -2.05. The molecule has 2 aromatic heterocycles. The van der Waals surface area contributed by atoms with Crippen LogP contribution in [0.1, 0.15) is 45.7 Å². The van der Waals surface area contributed by atoms with Gasteiger partial charge in [-0.25, -0.2) is 0 Å². The van der Waals surface area contributed by atoms with Crippen molar-refractivity contribution in [2.24, 2.45) is 0 Å². The van der Waals surface area contributed by atoms with Gasteiger partial charge in [-0.05, 0) is 56.7 Å². The van der Waals surface area contributed by atoms with Crippen molar-refractivity contribution in [3.63, 3.8) is 0 Å². The van der Waals surface area contributed by atoms with Crippen molar-refractivity contribution in [2.75, 3.05) is 6.54 Å². The predicted molar refractivity (Wildman–Crippen MR) is 108 cm³/mol. The predicted octanol–water partition coefficient (Wildman–Crippen LogP) is 4.04. The monoisotopic (exact) mass is 415 g/mol. The number of carbonyl (C=O) groups is 2. The minimum Gasteiger partial charge on any atom is -0.486 e. The molecule has 1 amide bonds. The highest BCUT2D eigenvalue weighted by Gasteiger charge is 2.11. The van der Waals surface area contributed by atoms with Gasteiger partial charge in [-0.2, -0.15) is 5.10 Å². The van der Waals surface area contributed by atoms with Gasteiger partial charge in [0.2, 0.25) is 0 Å². The van der Waals surface area contributed by atoms with Gasteiger partial charge < -0.3 is 14.5 Å². The molecule has 0 aliphatic rings. The van der Waals surface area contributed by atoms with E-state index >= 15 is 0 Å². The highest BCUT2D eigenvalue weighted by atomic mass is 35.5. The van der Waals surface area contributed by atoms with E-state index in [1.54, 1.807) is 47.3 Å². The lowest BCUT2D eigenvalue weighted by atomic mass is 10.1. The van der Waals surface area contributed by atoms with E-state index in [-0.39, 0.29) is 24.1 Å². The van der Waals surface area contributed by atoms with Crippen LogP contribution in [0.15, 0.2) is 47.0 Å². The van der Waals surface area contributed by atoms with Gasteiger partial charge in [0.1, 0.15) is 18.1 Å². The number of hydrogen-bond acceptors (Lipinski definition) is 5. The second-order valence-electron chi connectivity index (χ2n) is 6.57. The van der Waals surface area contributed by atoms with Crippen LogP contribution in [0.3, 0.4) is 0 Å². The van der Waals surface area contributed by atoms with Crippen molar-refractivity contribution >= 4 is 23.3 Å². The molecule has 1 aromatic carbocycles. The van der Waals surface area contributed by atoms with Gasteiger partial charge in [-0.1, -0.05) is 11.6 Å². The van der Waals surface area contributed by atoms with Crippen LogP contribution in [0.2, 0.25) is 5.02 Å². The van der Waals surface area contributed by atoms with E-state index in [1.807, 2.05) is 6.92 Å². The van der Waals surface area contributed by atoms with Gasteiger partial charge in [0.15, 0.2) is 11.5 Å². The fourth-order valence-corrected chi connectivity index (χ4v) is 2.81. The molecule has 3 rings (SSSR count). The van der Waals surface area contributed by atoms with Crippen molar-refractivity contribution < 1.29 is 18.7 Å². The van der Waals surface area contributed by atoms with Gasteiger partial charge in [0, 0.05) is 24.8 Å². The maximum absolute atomic E-state index is 12.2. The molecule has 0 aliphatic heterocycles. The molecule has 7 nitrogen and oxygen atoms in total. The summed E-state index contributed by atoms with van der Waals surface area (Å²) in [5.74, 6) is 1.10. The van der Waals surface area contributed by atoms with E-state index in [0.29, 0.717) is 35.2 Å². The molecule has 0 unspecified atom stereocenters. The average Bonchev–Trinajstić information content (AvgIpc) is 3.30. The number of nitrogens with one attached hydrogen (secondary N) is 1. The van der Waals surface area contributed by atoms with Crippen LogP contribution in [0, 0.1) is 6.92 Å². The highest BCUT2D eigenvalue weighted by molar-refractivity contribution is 6.31. The number of amides is 1. The second-order valence-corrected chi connectivity index (χ2v) is 6.98. The summed E-state index contributed by atoms with van der Waals surface area (Å²) in [5.41, 5.74) is 1.41. The fraction of sp³-hybridized carbons (Fsp3) is 0.286. The number of Topliss-reactive ketones (excluding diaryl/α,β-unsaturated/α-hetero) is 1. The number of aryl methyl sites for hydroxylation is 2. The summed E-state index contributed by atoms with van der Waals surface area (Å²) in [6.45, 7) is 4.70. The number of ketones is 1. The maximum atomic E-state index is 12.2. The summed E-state index contributed by atoms with van der Waals surface area (Å²) in [6, 6.07) is 10.2. The highest BCUT2D eigenvalue weighted by Crippen LogP contribution is 2.16. The first-order valence-electron chi connectivity index (χ1n) is 9.22. The third-order valence-electron chi connectivity index (χ3n) is 4.26. The van der Waals surface area contributed by atoms with Crippen LogP contribution >= 0.6 is 11.6 Å². The minimum absolute atomic E-state index is 0.00164. The first-order valence-corrected chi connectivity index (χ1v) is 9.60. The summed E-state index contributed by atoms with van der Waals surface area (Å²) in [4.78, 5) is 23.5. The Morgan fingerprint density at radius 3 is 2.62 bits per heavy atom. The molecular formula is C21H22ClN3O4. The van der Waals surface area contributed by atoms with Crippen molar-refractivity contribution in [3.8, 4) is 5.75 Å². The van der Waals surface area contributed by atoms with Crippen molar-refractivity contribution in [2.45, 2.75) is 33.4 Å². The zero-order valence-corrected chi connectivity index (χ0v) is 17.0. The quantitative estimate of drug-likeness (QED) is 0.421. The third kappa shape index (κ3) is 5.71. The molecule has 152 valence electrons. The molecule has 0 atom stereocenters. The number of rotatable bonds is 9. The summed E-state index contributed by atoms with van der Waals surface area (Å²) < 4.78 is 12.9. The standard InChI is InChI=1S/C21H22ClN3O4/c1-14-19(22)12-25(24-14)11-3-10-23-21(27)20-9-8-18(29-20)13-28-17-6-4-16(5-7-17)15(2)26/h4-9,12H,3,10-11,13H2,1-2H3,(H,23,27). The second kappa shape index (κ2) is 9.43. The van der Waals surface area contributed by atoms with Crippen molar-refractivity contribution in [1.82, 2.24) is 15.1 Å². The van der Waals surface area contributed by atoms with Crippen LogP contribution in [0.5, 0.6) is 5.75 Å². The van der Waals surface area contributed by atoms with Gasteiger partial charge in [-0.15, -0.1) is 0 Å². The van der Waals surface area contributed by atoms with E-state index in [1.165, 1.54) is 6.92 Å². The van der Waals surface area contributed by atoms with E-state index in [0.717, 1.165) is 12.1 Å².